The molecule has 0 aromatic heterocycles. The van der Waals surface area contributed by atoms with Gasteiger partial charge in [0.25, 0.3) is 0 Å². The van der Waals surface area contributed by atoms with Gasteiger partial charge in [-0.2, -0.15) is 0 Å². The molecule has 2 amide bonds. The first-order chi connectivity index (χ1) is 9.51. The summed E-state index contributed by atoms with van der Waals surface area (Å²) in [4.78, 5) is 25.9. The molecule has 1 aliphatic rings. The van der Waals surface area contributed by atoms with Crippen LogP contribution in [0.5, 0.6) is 0 Å². The van der Waals surface area contributed by atoms with Gasteiger partial charge in [-0.1, -0.05) is 24.6 Å². The summed E-state index contributed by atoms with van der Waals surface area (Å²) in [6.07, 6.45) is 1.20. The number of amides is 2. The molecule has 20 heavy (non-hydrogen) atoms. The summed E-state index contributed by atoms with van der Waals surface area (Å²) in [5.41, 5.74) is 2.03. The van der Waals surface area contributed by atoms with Crippen LogP contribution >= 0.6 is 0 Å². The Balaban J connectivity index is 2.03. The van der Waals surface area contributed by atoms with Gasteiger partial charge in [0.1, 0.15) is 0 Å². The van der Waals surface area contributed by atoms with Crippen LogP contribution in [0.4, 0.5) is 5.69 Å². The van der Waals surface area contributed by atoms with Crippen molar-refractivity contribution in [1.82, 2.24) is 5.32 Å². The Bertz CT molecular complexity index is 496. The third kappa shape index (κ3) is 3.18. The number of nitrogens with zero attached hydrogens (tertiary/aromatic N) is 1. The Labute approximate surface area is 120 Å². The van der Waals surface area contributed by atoms with Crippen molar-refractivity contribution in [3.05, 3.63) is 29.8 Å². The van der Waals surface area contributed by atoms with Crippen LogP contribution in [0.15, 0.2) is 24.3 Å². The third-order valence-corrected chi connectivity index (χ3v) is 3.84. The number of anilines is 1. The predicted molar refractivity (Wildman–Crippen MR) is 79.5 cm³/mol. The second-order valence-corrected chi connectivity index (χ2v) is 5.56. The molecule has 108 valence electrons. The van der Waals surface area contributed by atoms with Crippen LogP contribution in [-0.4, -0.2) is 24.4 Å². The molecule has 1 aromatic rings. The van der Waals surface area contributed by atoms with E-state index < -0.39 is 0 Å². The fraction of sp³-hybridized carbons (Fsp3) is 0.500. The molecule has 0 aliphatic carbocycles. The lowest BCUT2D eigenvalue weighted by Crippen LogP contribution is -2.38. The van der Waals surface area contributed by atoms with Gasteiger partial charge in [0.15, 0.2) is 0 Å². The van der Waals surface area contributed by atoms with Crippen LogP contribution in [0.2, 0.25) is 0 Å². The highest BCUT2D eigenvalue weighted by Crippen LogP contribution is 2.25. The standard InChI is InChI=1S/C16H22N2O2/c1-4-12(3)17-16(20)13-9-15(19)18(10-13)14-7-5-11(2)6-8-14/h5-8,12-13H,4,9-10H2,1-3H3,(H,17,20)/t12-,13+/m1/s1. The molecule has 1 saturated heterocycles. The summed E-state index contributed by atoms with van der Waals surface area (Å²) in [5.74, 6) is -0.224. The van der Waals surface area contributed by atoms with Gasteiger partial charge in [-0.15, -0.1) is 0 Å². The normalized spacial score (nSPS) is 20.1. The Morgan fingerprint density at radius 1 is 1.40 bits per heavy atom. The predicted octanol–water partition coefficient (Wildman–Crippen LogP) is 2.26. The lowest BCUT2D eigenvalue weighted by molar-refractivity contribution is -0.126. The monoisotopic (exact) mass is 274 g/mol. The molecule has 4 nitrogen and oxygen atoms in total. The van der Waals surface area contributed by atoms with Gasteiger partial charge in [0.05, 0.1) is 5.92 Å². The highest BCUT2D eigenvalue weighted by molar-refractivity contribution is 6.00. The Morgan fingerprint density at radius 3 is 2.65 bits per heavy atom. The number of rotatable bonds is 4. The quantitative estimate of drug-likeness (QED) is 0.915. The van der Waals surface area contributed by atoms with E-state index in [1.807, 2.05) is 45.0 Å². The van der Waals surface area contributed by atoms with Crippen molar-refractivity contribution in [2.75, 3.05) is 11.4 Å². The van der Waals surface area contributed by atoms with E-state index >= 15 is 0 Å². The molecule has 1 aliphatic heterocycles. The second-order valence-electron chi connectivity index (χ2n) is 5.56. The summed E-state index contributed by atoms with van der Waals surface area (Å²) in [5, 5.41) is 2.96. The van der Waals surface area contributed by atoms with Crippen LogP contribution in [0.3, 0.4) is 0 Å². The van der Waals surface area contributed by atoms with Crippen molar-refractivity contribution >= 4 is 17.5 Å². The smallest absolute Gasteiger partial charge is 0.227 e. The summed E-state index contributed by atoms with van der Waals surface area (Å²) in [6.45, 7) is 6.50. The zero-order chi connectivity index (χ0) is 14.7. The summed E-state index contributed by atoms with van der Waals surface area (Å²) < 4.78 is 0. The van der Waals surface area contributed by atoms with E-state index in [1.54, 1.807) is 4.90 Å². The minimum absolute atomic E-state index is 0.0117. The van der Waals surface area contributed by atoms with Crippen molar-refractivity contribution in [2.24, 2.45) is 5.92 Å². The average molecular weight is 274 g/mol. The van der Waals surface area contributed by atoms with Crippen molar-refractivity contribution in [1.29, 1.82) is 0 Å². The topological polar surface area (TPSA) is 49.4 Å². The second kappa shape index (κ2) is 6.07. The third-order valence-electron chi connectivity index (χ3n) is 3.84. The zero-order valence-electron chi connectivity index (χ0n) is 12.3. The van der Waals surface area contributed by atoms with E-state index in [0.717, 1.165) is 17.7 Å². The molecule has 0 saturated carbocycles. The molecule has 2 atom stereocenters. The van der Waals surface area contributed by atoms with Gasteiger partial charge < -0.3 is 10.2 Å². The van der Waals surface area contributed by atoms with E-state index in [9.17, 15) is 9.59 Å². The fourth-order valence-corrected chi connectivity index (χ4v) is 2.32. The SMILES string of the molecule is CC[C@@H](C)NC(=O)[C@H]1CC(=O)N(c2ccc(C)cc2)C1. The van der Waals surface area contributed by atoms with Crippen molar-refractivity contribution in [3.8, 4) is 0 Å². The van der Waals surface area contributed by atoms with Crippen LogP contribution in [0.25, 0.3) is 0 Å². The highest BCUT2D eigenvalue weighted by atomic mass is 16.2. The van der Waals surface area contributed by atoms with Gasteiger partial charge in [0, 0.05) is 24.7 Å². The van der Waals surface area contributed by atoms with Crippen LogP contribution < -0.4 is 10.2 Å². The molecular weight excluding hydrogens is 252 g/mol. The molecular formula is C16H22N2O2. The molecule has 0 bridgehead atoms. The molecule has 0 unspecified atom stereocenters. The maximum atomic E-state index is 12.1. The molecule has 2 rings (SSSR count). The summed E-state index contributed by atoms with van der Waals surface area (Å²) in [6, 6.07) is 7.99. The first kappa shape index (κ1) is 14.6. The maximum Gasteiger partial charge on any atom is 0.227 e. The number of hydrogen-bond donors (Lipinski definition) is 1. The van der Waals surface area contributed by atoms with Crippen LogP contribution in [-0.2, 0) is 9.59 Å². The molecule has 1 heterocycles. The van der Waals surface area contributed by atoms with E-state index in [2.05, 4.69) is 5.32 Å². The van der Waals surface area contributed by atoms with E-state index in [-0.39, 0.29) is 23.8 Å². The fourth-order valence-electron chi connectivity index (χ4n) is 2.32. The highest BCUT2D eigenvalue weighted by Gasteiger charge is 2.35. The Hall–Kier alpha value is -1.84. The van der Waals surface area contributed by atoms with Gasteiger partial charge in [-0.3, -0.25) is 9.59 Å². The van der Waals surface area contributed by atoms with Gasteiger partial charge in [0.2, 0.25) is 11.8 Å². The van der Waals surface area contributed by atoms with Crippen molar-refractivity contribution in [3.63, 3.8) is 0 Å². The molecule has 0 spiro atoms. The Morgan fingerprint density at radius 2 is 2.05 bits per heavy atom. The minimum Gasteiger partial charge on any atom is -0.353 e. The number of benzene rings is 1. The number of hydrogen-bond acceptors (Lipinski definition) is 2. The zero-order valence-corrected chi connectivity index (χ0v) is 12.3. The van der Waals surface area contributed by atoms with E-state index in [4.69, 9.17) is 0 Å². The lowest BCUT2D eigenvalue weighted by Gasteiger charge is -2.18. The van der Waals surface area contributed by atoms with Gasteiger partial charge in [-0.25, -0.2) is 0 Å². The van der Waals surface area contributed by atoms with E-state index in [1.165, 1.54) is 0 Å². The number of carbonyl (C=O) groups is 2. The maximum absolute atomic E-state index is 12.1. The lowest BCUT2D eigenvalue weighted by atomic mass is 10.1. The first-order valence-electron chi connectivity index (χ1n) is 7.18. The molecule has 4 heteroatoms. The van der Waals surface area contributed by atoms with E-state index in [0.29, 0.717) is 13.0 Å². The molecule has 0 radical (unpaired) electrons. The van der Waals surface area contributed by atoms with Gasteiger partial charge in [-0.05, 0) is 32.4 Å². The minimum atomic E-state index is -0.238. The molecule has 1 aromatic carbocycles. The molecule has 1 fully saturated rings. The van der Waals surface area contributed by atoms with Crippen molar-refractivity contribution in [2.45, 2.75) is 39.7 Å². The first-order valence-corrected chi connectivity index (χ1v) is 7.18. The van der Waals surface area contributed by atoms with Gasteiger partial charge >= 0.3 is 0 Å². The van der Waals surface area contributed by atoms with Crippen LogP contribution in [0.1, 0.15) is 32.3 Å². The largest absolute Gasteiger partial charge is 0.353 e. The summed E-state index contributed by atoms with van der Waals surface area (Å²) >= 11 is 0. The van der Waals surface area contributed by atoms with Crippen LogP contribution in [0, 0.1) is 12.8 Å². The summed E-state index contributed by atoms with van der Waals surface area (Å²) in [7, 11) is 0. The number of aryl methyl sites for hydroxylation is 1. The number of carbonyl (C=O) groups excluding carboxylic acids is 2. The van der Waals surface area contributed by atoms with Crippen molar-refractivity contribution < 1.29 is 9.59 Å². The average Bonchev–Trinajstić information content (AvgIpc) is 2.81. The molecule has 1 N–H and O–H groups in total. The Kier molecular flexibility index (Phi) is 4.42. The number of nitrogens with one attached hydrogen (secondary N) is 1.